The lowest BCUT2D eigenvalue weighted by atomic mass is 10.2. The largest absolute Gasteiger partial charge is 0.490 e. The van der Waals surface area contributed by atoms with Crippen LogP contribution in [0.15, 0.2) is 16.6 Å². The van der Waals surface area contributed by atoms with Crippen molar-refractivity contribution in [2.45, 2.75) is 44.5 Å². The van der Waals surface area contributed by atoms with Crippen molar-refractivity contribution in [3.63, 3.8) is 0 Å². The number of benzene rings is 1. The highest BCUT2D eigenvalue weighted by molar-refractivity contribution is 9.10. The lowest BCUT2D eigenvalue weighted by Gasteiger charge is -2.18. The first-order valence-corrected chi connectivity index (χ1v) is 10.1. The predicted molar refractivity (Wildman–Crippen MR) is 100 cm³/mol. The lowest BCUT2D eigenvalue weighted by molar-refractivity contribution is -0.138. The van der Waals surface area contributed by atoms with Gasteiger partial charge in [-0.1, -0.05) is 19.8 Å². The van der Waals surface area contributed by atoms with Crippen molar-refractivity contribution in [2.75, 3.05) is 19.0 Å². The fraction of sp³-hybridized carbons (Fsp3) is 0.588. The highest BCUT2D eigenvalue weighted by atomic mass is 79.9. The van der Waals surface area contributed by atoms with Crippen molar-refractivity contribution in [2.24, 2.45) is 0 Å². The van der Waals surface area contributed by atoms with Gasteiger partial charge in [0.2, 0.25) is 0 Å². The van der Waals surface area contributed by atoms with Crippen LogP contribution in [0.5, 0.6) is 11.5 Å². The van der Waals surface area contributed by atoms with Crippen molar-refractivity contribution in [3.8, 4) is 11.5 Å². The van der Waals surface area contributed by atoms with Crippen LogP contribution >= 0.6 is 27.7 Å². The van der Waals surface area contributed by atoms with E-state index in [1.54, 1.807) is 11.8 Å². The third kappa shape index (κ3) is 5.04. The van der Waals surface area contributed by atoms with Gasteiger partial charge < -0.3 is 14.6 Å². The summed E-state index contributed by atoms with van der Waals surface area (Å²) in [5.41, 5.74) is 0.986. The van der Waals surface area contributed by atoms with Gasteiger partial charge in [-0.25, -0.2) is 0 Å². The summed E-state index contributed by atoms with van der Waals surface area (Å²) >= 11 is 5.16. The third-order valence-corrected chi connectivity index (χ3v) is 5.57. The molecule has 0 spiro atoms. The lowest BCUT2D eigenvalue weighted by Crippen LogP contribution is -2.33. The summed E-state index contributed by atoms with van der Waals surface area (Å²) in [7, 11) is 0. The van der Waals surface area contributed by atoms with Crippen molar-refractivity contribution in [1.29, 1.82) is 0 Å². The Labute approximate surface area is 155 Å². The maximum Gasteiger partial charge on any atom is 0.321 e. The molecule has 0 amide bonds. The number of nitrogens with one attached hydrogen (secondary N) is 1. The molecule has 1 saturated heterocycles. The zero-order valence-corrected chi connectivity index (χ0v) is 16.4. The van der Waals surface area contributed by atoms with E-state index >= 15 is 0 Å². The minimum atomic E-state index is -0.815. The summed E-state index contributed by atoms with van der Waals surface area (Å²) in [4.78, 5) is 11.1. The van der Waals surface area contributed by atoms with Crippen LogP contribution in [0.3, 0.4) is 0 Å². The van der Waals surface area contributed by atoms with E-state index in [9.17, 15) is 4.79 Å². The Morgan fingerprint density at radius 3 is 2.79 bits per heavy atom. The molecule has 134 valence electrons. The van der Waals surface area contributed by atoms with Crippen LogP contribution in [0, 0.1) is 0 Å². The first-order valence-electron chi connectivity index (χ1n) is 8.26. The molecule has 1 aromatic rings. The van der Waals surface area contributed by atoms with Gasteiger partial charge in [-0.2, -0.15) is 0 Å². The summed E-state index contributed by atoms with van der Waals surface area (Å²) in [6.07, 6.45) is 3.30. The average molecular weight is 418 g/mol. The number of halogens is 1. The van der Waals surface area contributed by atoms with E-state index in [2.05, 4.69) is 28.2 Å². The number of unbranched alkanes of at least 4 members (excludes halogenated alkanes) is 2. The molecule has 0 bridgehead atoms. The van der Waals surface area contributed by atoms with E-state index in [0.29, 0.717) is 24.7 Å². The van der Waals surface area contributed by atoms with E-state index in [1.807, 2.05) is 19.1 Å². The topological polar surface area (TPSA) is 67.8 Å². The van der Waals surface area contributed by atoms with E-state index in [1.165, 1.54) is 0 Å². The molecular weight excluding hydrogens is 394 g/mol. The molecule has 0 aliphatic carbocycles. The van der Waals surface area contributed by atoms with Crippen LogP contribution < -0.4 is 14.8 Å². The Hall–Kier alpha value is -0.920. The molecule has 24 heavy (non-hydrogen) atoms. The molecule has 1 aromatic carbocycles. The van der Waals surface area contributed by atoms with E-state index in [-0.39, 0.29) is 5.37 Å². The quantitative estimate of drug-likeness (QED) is 0.586. The number of carbonyl (C=O) groups is 1. The molecule has 1 heterocycles. The van der Waals surface area contributed by atoms with Gasteiger partial charge in [0.25, 0.3) is 0 Å². The number of carboxylic acid groups (broad SMARTS) is 1. The fourth-order valence-electron chi connectivity index (χ4n) is 2.48. The second-order valence-corrected chi connectivity index (χ2v) is 7.58. The summed E-state index contributed by atoms with van der Waals surface area (Å²) < 4.78 is 12.5. The molecule has 7 heteroatoms. The minimum absolute atomic E-state index is 0.0595. The second kappa shape index (κ2) is 9.53. The zero-order valence-electron chi connectivity index (χ0n) is 14.0. The van der Waals surface area contributed by atoms with Crippen LogP contribution in [0.25, 0.3) is 0 Å². The highest BCUT2D eigenvalue weighted by Gasteiger charge is 2.31. The van der Waals surface area contributed by atoms with Gasteiger partial charge >= 0.3 is 5.97 Å². The van der Waals surface area contributed by atoms with Crippen molar-refractivity contribution in [1.82, 2.24) is 5.32 Å². The van der Waals surface area contributed by atoms with Gasteiger partial charge in [-0.05, 0) is 47.0 Å². The van der Waals surface area contributed by atoms with Gasteiger partial charge in [0.15, 0.2) is 11.5 Å². The van der Waals surface area contributed by atoms with Crippen LogP contribution in [-0.2, 0) is 4.79 Å². The van der Waals surface area contributed by atoms with Gasteiger partial charge in [0, 0.05) is 5.75 Å². The molecule has 1 fully saturated rings. The molecular formula is C17H24BrNO4S. The summed E-state index contributed by atoms with van der Waals surface area (Å²) in [5.74, 6) is 1.15. The molecule has 2 unspecified atom stereocenters. The molecule has 1 aliphatic rings. The van der Waals surface area contributed by atoms with Gasteiger partial charge in [-0.15, -0.1) is 11.8 Å². The van der Waals surface area contributed by atoms with Crippen LogP contribution in [0.2, 0.25) is 0 Å². The Balaban J connectivity index is 2.15. The molecule has 0 saturated carbocycles. The maximum absolute atomic E-state index is 11.1. The SMILES string of the molecule is CCCCCOc1c(Br)cc(C2NC(C(=O)O)CS2)cc1OCC. The second-order valence-electron chi connectivity index (χ2n) is 5.59. The number of carboxylic acids is 1. The number of ether oxygens (including phenoxy) is 2. The third-order valence-electron chi connectivity index (χ3n) is 3.71. The van der Waals surface area contributed by atoms with E-state index < -0.39 is 12.0 Å². The normalized spacial score (nSPS) is 20.1. The Morgan fingerprint density at radius 1 is 1.38 bits per heavy atom. The summed E-state index contributed by atoms with van der Waals surface area (Å²) in [5, 5.41) is 12.2. The number of hydrogen-bond donors (Lipinski definition) is 2. The van der Waals surface area contributed by atoms with Crippen molar-refractivity contribution >= 4 is 33.7 Å². The van der Waals surface area contributed by atoms with Gasteiger partial charge in [0.1, 0.15) is 6.04 Å². The smallest absolute Gasteiger partial charge is 0.321 e. The number of rotatable bonds is 9. The molecule has 0 radical (unpaired) electrons. The first kappa shape index (κ1) is 19.4. The molecule has 5 nitrogen and oxygen atoms in total. The predicted octanol–water partition coefficient (Wildman–Crippen LogP) is 4.21. The average Bonchev–Trinajstić information content (AvgIpc) is 3.04. The molecule has 2 rings (SSSR count). The monoisotopic (exact) mass is 417 g/mol. The van der Waals surface area contributed by atoms with E-state index in [4.69, 9.17) is 14.6 Å². The summed E-state index contributed by atoms with van der Waals surface area (Å²) in [6, 6.07) is 3.41. The van der Waals surface area contributed by atoms with Gasteiger partial charge in [0.05, 0.1) is 23.1 Å². The van der Waals surface area contributed by atoms with Crippen molar-refractivity contribution in [3.05, 3.63) is 22.2 Å². The molecule has 2 atom stereocenters. The highest BCUT2D eigenvalue weighted by Crippen LogP contribution is 2.42. The Kier molecular flexibility index (Phi) is 7.71. The zero-order chi connectivity index (χ0) is 17.5. The fourth-order valence-corrected chi connectivity index (χ4v) is 4.26. The molecule has 0 aromatic heterocycles. The van der Waals surface area contributed by atoms with Crippen LogP contribution in [0.4, 0.5) is 0 Å². The first-order chi connectivity index (χ1) is 11.6. The number of aliphatic carboxylic acids is 1. The Morgan fingerprint density at radius 2 is 2.17 bits per heavy atom. The van der Waals surface area contributed by atoms with Gasteiger partial charge in [-0.3, -0.25) is 10.1 Å². The minimum Gasteiger partial charge on any atom is -0.490 e. The Bertz CT molecular complexity index is 570. The number of thioether (sulfide) groups is 1. The standard InChI is InChI=1S/C17H24BrNO4S/c1-3-5-6-7-23-15-12(18)8-11(9-14(15)22-4-2)16-19-13(10-24-16)17(20)21/h8-9,13,16,19H,3-7,10H2,1-2H3,(H,20,21). The maximum atomic E-state index is 11.1. The molecule has 1 aliphatic heterocycles. The van der Waals surface area contributed by atoms with Crippen molar-refractivity contribution < 1.29 is 19.4 Å². The molecule has 2 N–H and O–H groups in total. The van der Waals surface area contributed by atoms with Crippen LogP contribution in [0.1, 0.15) is 44.0 Å². The van der Waals surface area contributed by atoms with E-state index in [0.717, 1.165) is 35.0 Å². The number of hydrogen-bond acceptors (Lipinski definition) is 5. The summed E-state index contributed by atoms with van der Waals surface area (Å²) in [6.45, 7) is 5.30. The van der Waals surface area contributed by atoms with Crippen LogP contribution in [-0.4, -0.2) is 36.1 Å².